The Balaban J connectivity index is 1.86. The molecular weight excluding hydrogens is 338 g/mol. The van der Waals surface area contributed by atoms with E-state index in [4.69, 9.17) is 14.2 Å². The van der Waals surface area contributed by atoms with Gasteiger partial charge in [-0.05, 0) is 37.3 Å². The van der Waals surface area contributed by atoms with Crippen LogP contribution in [-0.4, -0.2) is 48.3 Å². The maximum Gasteiger partial charge on any atom is 0.265 e. The van der Waals surface area contributed by atoms with Gasteiger partial charge in [0, 0.05) is 32.3 Å². The summed E-state index contributed by atoms with van der Waals surface area (Å²) in [5, 5.41) is 3.42. The van der Waals surface area contributed by atoms with E-state index in [9.17, 15) is 9.59 Å². The van der Waals surface area contributed by atoms with Crippen LogP contribution in [0.15, 0.2) is 41.3 Å². The van der Waals surface area contributed by atoms with Gasteiger partial charge in [0.1, 0.15) is 11.2 Å². The molecule has 0 radical (unpaired) electrons. The highest BCUT2D eigenvalue weighted by molar-refractivity contribution is 5.96. The average Bonchev–Trinajstić information content (AvgIpc) is 3.10. The molecule has 0 saturated carbocycles. The van der Waals surface area contributed by atoms with Gasteiger partial charge in [-0.3, -0.25) is 14.2 Å². The Labute approximate surface area is 150 Å². The second-order valence-electron chi connectivity index (χ2n) is 5.80. The van der Waals surface area contributed by atoms with E-state index in [-0.39, 0.29) is 17.7 Å². The number of carbonyl (C=O) groups excluding carboxylic acids is 1. The first-order valence-corrected chi connectivity index (χ1v) is 8.25. The van der Waals surface area contributed by atoms with Gasteiger partial charge >= 0.3 is 0 Å². The van der Waals surface area contributed by atoms with Crippen molar-refractivity contribution >= 4 is 16.9 Å². The summed E-state index contributed by atoms with van der Waals surface area (Å²) in [6, 6.07) is 5.12. The Kier molecular flexibility index (Phi) is 5.17. The Morgan fingerprint density at radius 3 is 2.92 bits per heavy atom. The minimum atomic E-state index is -1.13. The second kappa shape index (κ2) is 7.36. The van der Waals surface area contributed by atoms with E-state index < -0.39 is 18.0 Å². The van der Waals surface area contributed by atoms with Crippen LogP contribution in [0.4, 0.5) is 0 Å². The molecule has 2 aromatic heterocycles. The fourth-order valence-electron chi connectivity index (χ4n) is 2.88. The van der Waals surface area contributed by atoms with Gasteiger partial charge in [-0.25, -0.2) is 4.98 Å². The van der Waals surface area contributed by atoms with E-state index in [0.29, 0.717) is 12.2 Å². The van der Waals surface area contributed by atoms with Gasteiger partial charge in [0.15, 0.2) is 6.29 Å². The van der Waals surface area contributed by atoms with E-state index in [0.717, 1.165) is 5.39 Å². The SMILES string of the molecule is CCn1c(=O)c(C(=O)NC[C@@]2(OC)C=C[C@@H](OC)O2)cc2cccnc21. The molecule has 3 rings (SSSR count). The zero-order valence-electron chi connectivity index (χ0n) is 14.9. The highest BCUT2D eigenvalue weighted by Gasteiger charge is 2.36. The minimum absolute atomic E-state index is 0.0370. The number of methoxy groups -OCH3 is 2. The standard InChI is InChI=1S/C18H21N3O5/c1-4-21-15-12(6-5-9-19-15)10-13(17(21)23)16(22)20-11-18(25-3)8-7-14(24-2)26-18/h5-10,14H,4,11H2,1-3H3,(H,20,22)/t14-,18+/m0/s1. The van der Waals surface area contributed by atoms with Gasteiger partial charge in [-0.1, -0.05) is 0 Å². The Hall–Kier alpha value is -2.55. The third kappa shape index (κ3) is 3.26. The normalized spacial score (nSPS) is 22.0. The van der Waals surface area contributed by atoms with Crippen molar-refractivity contribution in [2.45, 2.75) is 25.5 Å². The van der Waals surface area contributed by atoms with Gasteiger partial charge in [0.05, 0.1) is 6.54 Å². The molecular formula is C18H21N3O5. The molecule has 2 atom stereocenters. The zero-order valence-corrected chi connectivity index (χ0v) is 14.9. The number of nitrogens with zero attached hydrogens (tertiary/aromatic N) is 2. The van der Waals surface area contributed by atoms with Gasteiger partial charge in [0.2, 0.25) is 5.79 Å². The lowest BCUT2D eigenvalue weighted by molar-refractivity contribution is -0.238. The lowest BCUT2D eigenvalue weighted by Crippen LogP contribution is -2.45. The molecule has 0 bridgehead atoms. The first-order valence-electron chi connectivity index (χ1n) is 8.25. The smallest absolute Gasteiger partial charge is 0.265 e. The molecule has 0 saturated heterocycles. The fourth-order valence-corrected chi connectivity index (χ4v) is 2.88. The van der Waals surface area contributed by atoms with Gasteiger partial charge in [-0.2, -0.15) is 0 Å². The molecule has 138 valence electrons. The van der Waals surface area contributed by atoms with Crippen LogP contribution < -0.4 is 10.9 Å². The molecule has 8 heteroatoms. The Bertz CT molecular complexity index is 907. The molecule has 2 aromatic rings. The number of carbonyl (C=O) groups is 1. The minimum Gasteiger partial charge on any atom is -0.352 e. The van der Waals surface area contributed by atoms with Crippen LogP contribution in [0.5, 0.6) is 0 Å². The van der Waals surface area contributed by atoms with E-state index >= 15 is 0 Å². The largest absolute Gasteiger partial charge is 0.352 e. The summed E-state index contributed by atoms with van der Waals surface area (Å²) in [6.45, 7) is 2.28. The molecule has 1 amide bonds. The van der Waals surface area contributed by atoms with Gasteiger partial charge in [0.25, 0.3) is 11.5 Å². The van der Waals surface area contributed by atoms with Crippen molar-refractivity contribution in [1.82, 2.24) is 14.9 Å². The fraction of sp³-hybridized carbons (Fsp3) is 0.389. The summed E-state index contributed by atoms with van der Waals surface area (Å²) in [4.78, 5) is 29.5. The molecule has 0 aliphatic carbocycles. The van der Waals surface area contributed by atoms with Crippen molar-refractivity contribution in [3.8, 4) is 0 Å². The molecule has 0 spiro atoms. The maximum atomic E-state index is 12.7. The molecule has 8 nitrogen and oxygen atoms in total. The topological polar surface area (TPSA) is 91.7 Å². The summed E-state index contributed by atoms with van der Waals surface area (Å²) >= 11 is 0. The number of nitrogens with one attached hydrogen (secondary N) is 1. The highest BCUT2D eigenvalue weighted by Crippen LogP contribution is 2.24. The molecule has 1 aliphatic rings. The lowest BCUT2D eigenvalue weighted by Gasteiger charge is -2.27. The number of fused-ring (bicyclic) bond motifs is 1. The summed E-state index contributed by atoms with van der Waals surface area (Å²) in [7, 11) is 2.98. The van der Waals surface area contributed by atoms with E-state index in [1.54, 1.807) is 30.5 Å². The van der Waals surface area contributed by atoms with E-state index in [1.165, 1.54) is 18.8 Å². The van der Waals surface area contributed by atoms with Gasteiger partial charge in [-0.15, -0.1) is 0 Å². The quantitative estimate of drug-likeness (QED) is 0.775. The number of hydrogen-bond acceptors (Lipinski definition) is 6. The summed E-state index contributed by atoms with van der Waals surface area (Å²) in [6.07, 6.45) is 4.44. The zero-order chi connectivity index (χ0) is 18.7. The molecule has 1 N–H and O–H groups in total. The first kappa shape index (κ1) is 18.2. The maximum absolute atomic E-state index is 12.7. The van der Waals surface area contributed by atoms with Crippen molar-refractivity contribution in [1.29, 1.82) is 0 Å². The van der Waals surface area contributed by atoms with Crippen molar-refractivity contribution < 1.29 is 19.0 Å². The molecule has 0 aromatic carbocycles. The number of pyridine rings is 2. The third-order valence-corrected chi connectivity index (χ3v) is 4.30. The summed E-state index contributed by atoms with van der Waals surface area (Å²) in [5.41, 5.74) is 0.207. The second-order valence-corrected chi connectivity index (χ2v) is 5.80. The predicted molar refractivity (Wildman–Crippen MR) is 94.8 cm³/mol. The number of hydrogen-bond donors (Lipinski definition) is 1. The van der Waals surface area contributed by atoms with E-state index in [1.807, 2.05) is 13.0 Å². The highest BCUT2D eigenvalue weighted by atomic mass is 16.8. The van der Waals surface area contributed by atoms with Crippen LogP contribution >= 0.6 is 0 Å². The van der Waals surface area contributed by atoms with Crippen LogP contribution in [-0.2, 0) is 20.8 Å². The van der Waals surface area contributed by atoms with Crippen molar-refractivity contribution in [3.63, 3.8) is 0 Å². The van der Waals surface area contributed by atoms with Gasteiger partial charge < -0.3 is 19.5 Å². The molecule has 0 fully saturated rings. The van der Waals surface area contributed by atoms with Crippen molar-refractivity contribution in [2.75, 3.05) is 20.8 Å². The van der Waals surface area contributed by atoms with Crippen molar-refractivity contribution in [2.24, 2.45) is 0 Å². The number of ether oxygens (including phenoxy) is 3. The molecule has 0 unspecified atom stereocenters. The molecule has 1 aliphatic heterocycles. The molecule has 3 heterocycles. The number of amides is 1. The monoisotopic (exact) mass is 359 g/mol. The number of rotatable bonds is 6. The van der Waals surface area contributed by atoms with Crippen LogP contribution in [0, 0.1) is 0 Å². The Morgan fingerprint density at radius 1 is 1.46 bits per heavy atom. The van der Waals surface area contributed by atoms with Crippen LogP contribution in [0.25, 0.3) is 11.0 Å². The van der Waals surface area contributed by atoms with Crippen LogP contribution in [0.3, 0.4) is 0 Å². The summed E-state index contributed by atoms with van der Waals surface area (Å²) < 4.78 is 17.6. The Morgan fingerprint density at radius 2 is 2.27 bits per heavy atom. The first-order chi connectivity index (χ1) is 12.5. The summed E-state index contributed by atoms with van der Waals surface area (Å²) in [5.74, 6) is -1.63. The lowest BCUT2D eigenvalue weighted by atomic mass is 10.1. The average molecular weight is 359 g/mol. The van der Waals surface area contributed by atoms with Crippen LogP contribution in [0.2, 0.25) is 0 Å². The predicted octanol–water partition coefficient (Wildman–Crippen LogP) is 1.05. The van der Waals surface area contributed by atoms with Crippen molar-refractivity contribution in [3.05, 3.63) is 52.5 Å². The third-order valence-electron chi connectivity index (χ3n) is 4.30. The number of aromatic nitrogens is 2. The van der Waals surface area contributed by atoms with E-state index in [2.05, 4.69) is 10.3 Å². The molecule has 26 heavy (non-hydrogen) atoms. The van der Waals surface area contributed by atoms with Crippen LogP contribution in [0.1, 0.15) is 17.3 Å². The number of aryl methyl sites for hydroxylation is 1.